The van der Waals surface area contributed by atoms with Gasteiger partial charge in [-0.2, -0.15) is 0 Å². The van der Waals surface area contributed by atoms with Crippen molar-refractivity contribution in [3.05, 3.63) is 0 Å². The maximum Gasteiger partial charge on any atom is 0.0580 e. The fourth-order valence-electron chi connectivity index (χ4n) is 3.25. The van der Waals surface area contributed by atoms with Crippen molar-refractivity contribution < 1.29 is 10.2 Å². The van der Waals surface area contributed by atoms with Gasteiger partial charge in [-0.15, -0.1) is 0 Å². The minimum Gasteiger partial charge on any atom is -0.395 e. The summed E-state index contributed by atoms with van der Waals surface area (Å²) in [4.78, 5) is 4.81. The molecule has 2 rings (SSSR count). The quantitative estimate of drug-likeness (QED) is 0.721. The van der Waals surface area contributed by atoms with Gasteiger partial charge in [0.2, 0.25) is 0 Å². The molecule has 0 spiro atoms. The summed E-state index contributed by atoms with van der Waals surface area (Å²) in [7, 11) is 0. The number of rotatable bonds is 4. The van der Waals surface area contributed by atoms with Gasteiger partial charge in [0.25, 0.3) is 0 Å². The minimum atomic E-state index is -0.0806. The first-order valence-corrected chi connectivity index (χ1v) is 7.53. The van der Waals surface area contributed by atoms with Crippen molar-refractivity contribution in [2.75, 3.05) is 45.9 Å². The molecule has 106 valence electrons. The molecule has 18 heavy (non-hydrogen) atoms. The SMILES string of the molecule is OCCN1CCN(CC2CCCCCC2O)CC1. The van der Waals surface area contributed by atoms with Crippen molar-refractivity contribution in [3.8, 4) is 0 Å². The maximum atomic E-state index is 10.1. The zero-order valence-electron chi connectivity index (χ0n) is 11.4. The van der Waals surface area contributed by atoms with E-state index in [-0.39, 0.29) is 12.7 Å². The number of aliphatic hydroxyl groups excluding tert-OH is 2. The largest absolute Gasteiger partial charge is 0.395 e. The third-order valence-corrected chi connectivity index (χ3v) is 4.49. The fourth-order valence-corrected chi connectivity index (χ4v) is 3.25. The summed E-state index contributed by atoms with van der Waals surface area (Å²) in [5.74, 6) is 0.483. The van der Waals surface area contributed by atoms with Crippen LogP contribution in [-0.2, 0) is 0 Å². The molecule has 0 aromatic heterocycles. The molecule has 2 atom stereocenters. The van der Waals surface area contributed by atoms with Crippen molar-refractivity contribution in [1.29, 1.82) is 0 Å². The molecule has 2 fully saturated rings. The van der Waals surface area contributed by atoms with Crippen LogP contribution in [0.2, 0.25) is 0 Å². The first-order valence-electron chi connectivity index (χ1n) is 7.53. The Kier molecular flexibility index (Phi) is 5.89. The van der Waals surface area contributed by atoms with Gasteiger partial charge in [0.05, 0.1) is 12.7 Å². The van der Waals surface area contributed by atoms with E-state index in [4.69, 9.17) is 5.11 Å². The first-order chi connectivity index (χ1) is 8.79. The van der Waals surface area contributed by atoms with Crippen molar-refractivity contribution in [1.82, 2.24) is 9.80 Å². The van der Waals surface area contributed by atoms with Gasteiger partial charge in [0.15, 0.2) is 0 Å². The molecule has 4 nitrogen and oxygen atoms in total. The highest BCUT2D eigenvalue weighted by atomic mass is 16.3. The van der Waals surface area contributed by atoms with Crippen LogP contribution in [0.5, 0.6) is 0 Å². The summed E-state index contributed by atoms with van der Waals surface area (Å²) in [6.45, 7) is 6.43. The lowest BCUT2D eigenvalue weighted by Gasteiger charge is -2.36. The average Bonchev–Trinajstić information content (AvgIpc) is 2.58. The second kappa shape index (κ2) is 7.43. The molecule has 1 aliphatic carbocycles. The molecule has 1 saturated carbocycles. The summed E-state index contributed by atoms with van der Waals surface area (Å²) in [6.07, 6.45) is 5.88. The van der Waals surface area contributed by atoms with Crippen LogP contribution in [0.3, 0.4) is 0 Å². The predicted molar refractivity (Wildman–Crippen MR) is 72.5 cm³/mol. The monoisotopic (exact) mass is 256 g/mol. The van der Waals surface area contributed by atoms with E-state index >= 15 is 0 Å². The Hall–Kier alpha value is -0.160. The van der Waals surface area contributed by atoms with E-state index in [1.807, 2.05) is 0 Å². The van der Waals surface area contributed by atoms with E-state index in [2.05, 4.69) is 9.80 Å². The molecule has 0 amide bonds. The molecule has 2 unspecified atom stereocenters. The van der Waals surface area contributed by atoms with Crippen LogP contribution in [0.4, 0.5) is 0 Å². The van der Waals surface area contributed by atoms with Crippen LogP contribution in [0.1, 0.15) is 32.1 Å². The molecule has 0 radical (unpaired) electrons. The summed E-state index contributed by atoms with van der Waals surface area (Å²) < 4.78 is 0. The zero-order chi connectivity index (χ0) is 12.8. The van der Waals surface area contributed by atoms with Gasteiger partial charge in [-0.1, -0.05) is 19.3 Å². The highest BCUT2D eigenvalue weighted by Crippen LogP contribution is 2.24. The van der Waals surface area contributed by atoms with Crippen LogP contribution < -0.4 is 0 Å². The van der Waals surface area contributed by atoms with Crippen molar-refractivity contribution in [2.45, 2.75) is 38.2 Å². The molecule has 1 aliphatic heterocycles. The first kappa shape index (κ1) is 14.3. The molecule has 4 heteroatoms. The van der Waals surface area contributed by atoms with Crippen molar-refractivity contribution >= 4 is 0 Å². The van der Waals surface area contributed by atoms with Gasteiger partial charge in [-0.3, -0.25) is 4.90 Å². The van der Waals surface area contributed by atoms with Gasteiger partial charge in [0, 0.05) is 39.3 Å². The van der Waals surface area contributed by atoms with Crippen molar-refractivity contribution in [2.24, 2.45) is 5.92 Å². The summed E-state index contributed by atoms with van der Waals surface area (Å²) in [5.41, 5.74) is 0. The number of β-amino-alcohol motifs (C(OH)–C–C–N with tert-alkyl or cyclic N) is 1. The second-order valence-corrected chi connectivity index (χ2v) is 5.83. The maximum absolute atomic E-state index is 10.1. The van der Waals surface area contributed by atoms with Gasteiger partial charge in [0.1, 0.15) is 0 Å². The molecular weight excluding hydrogens is 228 g/mol. The molecular formula is C14H28N2O2. The molecule has 2 aliphatic rings. The van der Waals surface area contributed by atoms with Crippen LogP contribution in [-0.4, -0.2) is 72.0 Å². The molecule has 0 bridgehead atoms. The Balaban J connectivity index is 1.73. The lowest BCUT2D eigenvalue weighted by atomic mass is 9.96. The number of piperazine rings is 1. The minimum absolute atomic E-state index is 0.0806. The average molecular weight is 256 g/mol. The normalized spacial score (nSPS) is 32.3. The predicted octanol–water partition coefficient (Wildman–Crippen LogP) is 0.537. The van der Waals surface area contributed by atoms with E-state index in [0.29, 0.717) is 5.92 Å². The van der Waals surface area contributed by atoms with Crippen LogP contribution in [0, 0.1) is 5.92 Å². The number of hydrogen-bond donors (Lipinski definition) is 2. The third-order valence-electron chi connectivity index (χ3n) is 4.49. The topological polar surface area (TPSA) is 46.9 Å². The smallest absolute Gasteiger partial charge is 0.0580 e. The van der Waals surface area contributed by atoms with Crippen LogP contribution in [0.25, 0.3) is 0 Å². The molecule has 0 aromatic rings. The fraction of sp³-hybridized carbons (Fsp3) is 1.00. The molecule has 1 heterocycles. The van der Waals surface area contributed by atoms with Crippen molar-refractivity contribution in [3.63, 3.8) is 0 Å². The Morgan fingerprint density at radius 3 is 2.28 bits per heavy atom. The van der Waals surface area contributed by atoms with E-state index in [1.54, 1.807) is 0 Å². The van der Waals surface area contributed by atoms with E-state index in [0.717, 1.165) is 45.7 Å². The number of hydrogen-bond acceptors (Lipinski definition) is 4. The van der Waals surface area contributed by atoms with E-state index in [1.165, 1.54) is 25.7 Å². The Bertz CT molecular complexity index is 230. The van der Waals surface area contributed by atoms with E-state index in [9.17, 15) is 5.11 Å². The van der Waals surface area contributed by atoms with Gasteiger partial charge in [-0.05, 0) is 18.8 Å². The lowest BCUT2D eigenvalue weighted by molar-refractivity contribution is 0.0506. The van der Waals surface area contributed by atoms with Gasteiger partial charge < -0.3 is 15.1 Å². The lowest BCUT2D eigenvalue weighted by Crippen LogP contribution is -2.49. The second-order valence-electron chi connectivity index (χ2n) is 5.83. The number of aliphatic hydroxyl groups is 2. The highest BCUT2D eigenvalue weighted by molar-refractivity contribution is 4.79. The van der Waals surface area contributed by atoms with Gasteiger partial charge >= 0.3 is 0 Å². The molecule has 1 saturated heterocycles. The third kappa shape index (κ3) is 4.19. The Morgan fingerprint density at radius 1 is 0.889 bits per heavy atom. The van der Waals surface area contributed by atoms with Crippen LogP contribution in [0.15, 0.2) is 0 Å². The van der Waals surface area contributed by atoms with Crippen LogP contribution >= 0.6 is 0 Å². The summed E-state index contributed by atoms with van der Waals surface area (Å²) >= 11 is 0. The Labute approximate surface area is 111 Å². The standard InChI is InChI=1S/C14H28N2O2/c17-11-10-15-6-8-16(9-7-15)12-13-4-2-1-3-5-14(13)18/h13-14,17-18H,1-12H2. The summed E-state index contributed by atoms with van der Waals surface area (Å²) in [6, 6.07) is 0. The molecule has 0 aromatic carbocycles. The zero-order valence-corrected chi connectivity index (χ0v) is 11.4. The Morgan fingerprint density at radius 2 is 1.56 bits per heavy atom. The highest BCUT2D eigenvalue weighted by Gasteiger charge is 2.25. The molecule has 2 N–H and O–H groups in total. The van der Waals surface area contributed by atoms with E-state index < -0.39 is 0 Å². The summed E-state index contributed by atoms with van der Waals surface area (Å²) in [5, 5.41) is 19.1. The number of nitrogens with zero attached hydrogens (tertiary/aromatic N) is 2. The van der Waals surface area contributed by atoms with Gasteiger partial charge in [-0.25, -0.2) is 0 Å².